The molecule has 4 aromatic rings. The molecule has 2 N–H and O–H groups in total. The molecular weight excluding hydrogens is 508 g/mol. The van der Waals surface area contributed by atoms with Crippen molar-refractivity contribution in [3.63, 3.8) is 0 Å². The summed E-state index contributed by atoms with van der Waals surface area (Å²) in [6.07, 6.45) is -1.06. The van der Waals surface area contributed by atoms with Crippen LogP contribution in [0.4, 0.5) is 11.4 Å². The zero-order valence-electron chi connectivity index (χ0n) is 20.3. The molecule has 0 spiro atoms. The molecule has 4 aromatic carbocycles. The number of hydrogen-bond acceptors (Lipinski definition) is 7. The summed E-state index contributed by atoms with van der Waals surface area (Å²) in [6, 6.07) is 23.2. The Labute approximate surface area is 219 Å². The topological polar surface area (TPSA) is 120 Å². The van der Waals surface area contributed by atoms with E-state index in [-0.39, 0.29) is 16.1 Å². The van der Waals surface area contributed by atoms with Gasteiger partial charge in [-0.15, -0.1) is 0 Å². The van der Waals surface area contributed by atoms with Gasteiger partial charge in [-0.3, -0.25) is 9.52 Å². The Balaban J connectivity index is 1.21. The molecule has 38 heavy (non-hydrogen) atoms. The van der Waals surface area contributed by atoms with E-state index in [2.05, 4.69) is 10.0 Å². The van der Waals surface area contributed by atoms with Gasteiger partial charge in [0.05, 0.1) is 10.5 Å². The monoisotopic (exact) mass is 532 g/mol. The maximum Gasteiger partial charge on any atom is 0.338 e. The SMILES string of the molecule is CC(OC(=O)c1ccc(NS(=O)(=O)c2ccc3c(c2)OCCO3)cc1)C(=O)Nc1cccc2ccccc12. The predicted molar refractivity (Wildman–Crippen MR) is 142 cm³/mol. The zero-order chi connectivity index (χ0) is 26.7. The summed E-state index contributed by atoms with van der Waals surface area (Å²) in [6.45, 7) is 2.22. The predicted octanol–water partition coefficient (Wildman–Crippen LogP) is 4.60. The minimum Gasteiger partial charge on any atom is -0.486 e. The maximum atomic E-state index is 12.8. The number of benzene rings is 4. The fraction of sp³-hybridized carbons (Fsp3) is 0.143. The largest absolute Gasteiger partial charge is 0.486 e. The third kappa shape index (κ3) is 5.40. The van der Waals surface area contributed by atoms with Crippen LogP contribution in [-0.4, -0.2) is 39.6 Å². The Morgan fingerprint density at radius 2 is 1.58 bits per heavy atom. The second-order valence-corrected chi connectivity index (χ2v) is 10.2. The van der Waals surface area contributed by atoms with Gasteiger partial charge in [-0.05, 0) is 54.8 Å². The molecule has 0 saturated carbocycles. The molecule has 0 saturated heterocycles. The first kappa shape index (κ1) is 25.1. The first-order valence-electron chi connectivity index (χ1n) is 11.8. The van der Waals surface area contributed by atoms with Crippen molar-refractivity contribution in [2.45, 2.75) is 17.9 Å². The van der Waals surface area contributed by atoms with E-state index in [0.29, 0.717) is 30.4 Å². The Morgan fingerprint density at radius 3 is 2.37 bits per heavy atom. The molecule has 1 amide bonds. The van der Waals surface area contributed by atoms with Crippen LogP contribution in [0.25, 0.3) is 10.8 Å². The summed E-state index contributed by atoms with van der Waals surface area (Å²) in [5, 5.41) is 4.64. The van der Waals surface area contributed by atoms with Crippen LogP contribution in [0.3, 0.4) is 0 Å². The van der Waals surface area contributed by atoms with E-state index in [9.17, 15) is 18.0 Å². The second-order valence-electron chi connectivity index (χ2n) is 8.55. The van der Waals surface area contributed by atoms with Crippen molar-refractivity contribution in [1.29, 1.82) is 0 Å². The molecule has 9 nitrogen and oxygen atoms in total. The first-order chi connectivity index (χ1) is 18.3. The molecule has 0 bridgehead atoms. The van der Waals surface area contributed by atoms with E-state index in [1.807, 2.05) is 36.4 Å². The highest BCUT2D eigenvalue weighted by Gasteiger charge is 2.22. The molecule has 5 rings (SSSR count). The molecule has 1 aliphatic rings. The van der Waals surface area contributed by atoms with Crippen molar-refractivity contribution in [1.82, 2.24) is 0 Å². The number of anilines is 2. The fourth-order valence-corrected chi connectivity index (χ4v) is 5.00. The number of nitrogens with one attached hydrogen (secondary N) is 2. The molecule has 0 aromatic heterocycles. The molecule has 10 heteroatoms. The molecular formula is C28H24N2O7S. The van der Waals surface area contributed by atoms with Crippen molar-refractivity contribution in [2.75, 3.05) is 23.3 Å². The molecule has 194 valence electrons. The Morgan fingerprint density at radius 1 is 0.868 bits per heavy atom. The quantitative estimate of drug-likeness (QED) is 0.334. The normalized spacial score (nSPS) is 13.4. The summed E-state index contributed by atoms with van der Waals surface area (Å²) in [4.78, 5) is 25.3. The molecule has 0 aliphatic carbocycles. The number of carbonyl (C=O) groups excluding carboxylic acids is 2. The van der Waals surface area contributed by atoms with Gasteiger partial charge in [-0.2, -0.15) is 0 Å². The molecule has 1 atom stereocenters. The van der Waals surface area contributed by atoms with E-state index in [1.54, 1.807) is 12.1 Å². The summed E-state index contributed by atoms with van der Waals surface area (Å²) >= 11 is 0. The highest BCUT2D eigenvalue weighted by atomic mass is 32.2. The van der Waals surface area contributed by atoms with E-state index in [4.69, 9.17) is 14.2 Å². The summed E-state index contributed by atoms with van der Waals surface area (Å²) in [5.41, 5.74) is 1.03. The standard InChI is InChI=1S/C28H24N2O7S/c1-18(27(31)29-24-8-4-6-19-5-2-3-7-23(19)24)37-28(32)20-9-11-21(12-10-20)30-38(33,34)22-13-14-25-26(17-22)36-16-15-35-25/h2-14,17-18,30H,15-16H2,1H3,(H,29,31). The first-order valence-corrected chi connectivity index (χ1v) is 13.3. The summed E-state index contributed by atoms with van der Waals surface area (Å²) < 4.78 is 44.3. The van der Waals surface area contributed by atoms with Crippen LogP contribution in [0.2, 0.25) is 0 Å². The number of rotatable bonds is 7. The minimum absolute atomic E-state index is 0.0104. The van der Waals surface area contributed by atoms with Crippen LogP contribution in [-0.2, 0) is 19.6 Å². The molecule has 1 aliphatic heterocycles. The van der Waals surface area contributed by atoms with Gasteiger partial charge in [-0.25, -0.2) is 13.2 Å². The van der Waals surface area contributed by atoms with E-state index in [1.165, 1.54) is 43.3 Å². The summed E-state index contributed by atoms with van der Waals surface area (Å²) in [5.74, 6) is -0.348. The third-order valence-electron chi connectivity index (χ3n) is 5.90. The van der Waals surface area contributed by atoms with Gasteiger partial charge in [0.1, 0.15) is 13.2 Å². The number of ether oxygens (including phenoxy) is 3. The fourth-order valence-electron chi connectivity index (χ4n) is 3.93. The van der Waals surface area contributed by atoms with Gasteiger partial charge in [0.25, 0.3) is 15.9 Å². The van der Waals surface area contributed by atoms with Crippen LogP contribution in [0.15, 0.2) is 89.8 Å². The Kier molecular flexibility index (Phi) is 6.89. The van der Waals surface area contributed by atoms with Crippen molar-refractivity contribution in [3.05, 3.63) is 90.5 Å². The molecule has 1 heterocycles. The lowest BCUT2D eigenvalue weighted by Crippen LogP contribution is -2.30. The van der Waals surface area contributed by atoms with Gasteiger partial charge in [0, 0.05) is 22.8 Å². The zero-order valence-corrected chi connectivity index (χ0v) is 21.2. The van der Waals surface area contributed by atoms with E-state index in [0.717, 1.165) is 10.8 Å². The van der Waals surface area contributed by atoms with E-state index >= 15 is 0 Å². The number of carbonyl (C=O) groups is 2. The average Bonchev–Trinajstić information content (AvgIpc) is 2.93. The highest BCUT2D eigenvalue weighted by molar-refractivity contribution is 7.92. The van der Waals surface area contributed by atoms with Gasteiger partial charge in [0.2, 0.25) is 0 Å². The maximum absolute atomic E-state index is 12.8. The number of esters is 1. The average molecular weight is 533 g/mol. The van der Waals surface area contributed by atoms with Gasteiger partial charge < -0.3 is 19.5 Å². The minimum atomic E-state index is -3.91. The lowest BCUT2D eigenvalue weighted by Gasteiger charge is -2.19. The van der Waals surface area contributed by atoms with Crippen LogP contribution >= 0.6 is 0 Å². The third-order valence-corrected chi connectivity index (χ3v) is 7.28. The van der Waals surface area contributed by atoms with Gasteiger partial charge >= 0.3 is 5.97 Å². The van der Waals surface area contributed by atoms with Crippen LogP contribution in [0.5, 0.6) is 11.5 Å². The lowest BCUT2D eigenvalue weighted by atomic mass is 10.1. The molecule has 0 radical (unpaired) electrons. The van der Waals surface area contributed by atoms with Gasteiger partial charge in [-0.1, -0.05) is 36.4 Å². The number of fused-ring (bicyclic) bond motifs is 2. The second kappa shape index (κ2) is 10.4. The highest BCUT2D eigenvalue weighted by Crippen LogP contribution is 2.32. The lowest BCUT2D eigenvalue weighted by molar-refractivity contribution is -0.123. The molecule has 1 unspecified atom stereocenters. The number of hydrogen-bond donors (Lipinski definition) is 2. The van der Waals surface area contributed by atoms with Crippen LogP contribution in [0.1, 0.15) is 17.3 Å². The van der Waals surface area contributed by atoms with Crippen molar-refractivity contribution >= 4 is 44.0 Å². The molecule has 0 fully saturated rings. The van der Waals surface area contributed by atoms with Crippen LogP contribution in [0, 0.1) is 0 Å². The van der Waals surface area contributed by atoms with Crippen LogP contribution < -0.4 is 19.5 Å². The summed E-state index contributed by atoms with van der Waals surface area (Å²) in [7, 11) is -3.91. The van der Waals surface area contributed by atoms with Gasteiger partial charge in [0.15, 0.2) is 17.6 Å². The van der Waals surface area contributed by atoms with Crippen molar-refractivity contribution < 1.29 is 32.2 Å². The Bertz CT molecular complexity index is 1610. The van der Waals surface area contributed by atoms with Crippen molar-refractivity contribution in [2.24, 2.45) is 0 Å². The van der Waals surface area contributed by atoms with Crippen molar-refractivity contribution in [3.8, 4) is 11.5 Å². The smallest absolute Gasteiger partial charge is 0.338 e. The number of sulfonamides is 1. The van der Waals surface area contributed by atoms with E-state index < -0.39 is 28.0 Å². The number of amides is 1. The Hall–Kier alpha value is -4.57.